The number of aromatic hydroxyl groups is 1. The number of aryl methyl sites for hydroxylation is 2. The second-order valence-corrected chi connectivity index (χ2v) is 8.94. The molecule has 1 aromatic carbocycles. The summed E-state index contributed by atoms with van der Waals surface area (Å²) in [4.78, 5) is 17.6. The molecule has 0 fully saturated rings. The van der Waals surface area contributed by atoms with Gasteiger partial charge in [0.15, 0.2) is 0 Å². The Hall–Kier alpha value is -2.57. The molecule has 1 unspecified atom stereocenters. The van der Waals surface area contributed by atoms with Crippen molar-refractivity contribution in [3.8, 4) is 17.0 Å². The maximum Gasteiger partial charge on any atom is 0.255 e. The lowest BCUT2D eigenvalue weighted by molar-refractivity contribution is 0.348. The number of H-pyrrole nitrogens is 1. The van der Waals surface area contributed by atoms with E-state index in [2.05, 4.69) is 66.0 Å². The fraction of sp³-hybridized carbons (Fsp3) is 0.458. The van der Waals surface area contributed by atoms with E-state index in [9.17, 15) is 9.90 Å². The molecule has 6 heteroatoms. The van der Waals surface area contributed by atoms with E-state index in [1.165, 1.54) is 16.8 Å². The molecule has 1 aliphatic rings. The summed E-state index contributed by atoms with van der Waals surface area (Å²) in [5.41, 5.74) is 6.52. The molecular weight excluding hydrogens is 376 g/mol. The molecule has 6 nitrogen and oxygen atoms in total. The average molecular weight is 409 g/mol. The first-order chi connectivity index (χ1) is 14.3. The maximum atomic E-state index is 12.3. The standard InChI is InChI=1S/C24H32N4O2/c1-14(13-27(3)4)25-12-18-9-17-10-20-16(11-21(17)28(18)5)7-6-8-19-22(20)26-24(30)15(2)23(19)29/h9-11,14,25H,6-8,12-13H2,1-5H3,(H2,26,29,30). The SMILES string of the molecule is Cc1c(O)c2c([nH]c1=O)-c1cc3cc(CNC(C)CN(C)C)n(C)c3cc1CCC2. The van der Waals surface area contributed by atoms with Crippen molar-refractivity contribution < 1.29 is 5.11 Å². The van der Waals surface area contributed by atoms with Crippen molar-refractivity contribution in [1.82, 2.24) is 19.8 Å². The van der Waals surface area contributed by atoms with E-state index in [1.807, 2.05) is 0 Å². The zero-order valence-electron chi connectivity index (χ0n) is 18.6. The summed E-state index contributed by atoms with van der Waals surface area (Å²) in [6.45, 7) is 5.67. The van der Waals surface area contributed by atoms with Crippen LogP contribution in [0, 0.1) is 6.92 Å². The van der Waals surface area contributed by atoms with Gasteiger partial charge in [0.2, 0.25) is 0 Å². The first-order valence-electron chi connectivity index (χ1n) is 10.7. The summed E-state index contributed by atoms with van der Waals surface area (Å²) in [6, 6.07) is 7.05. The average Bonchev–Trinajstić information content (AvgIpc) is 2.88. The number of pyridine rings is 1. The van der Waals surface area contributed by atoms with Gasteiger partial charge in [-0.2, -0.15) is 0 Å². The first-order valence-corrected chi connectivity index (χ1v) is 10.7. The van der Waals surface area contributed by atoms with Crippen LogP contribution in [0.15, 0.2) is 23.0 Å². The Kier molecular flexibility index (Phi) is 5.47. The van der Waals surface area contributed by atoms with Crippen LogP contribution in [0.25, 0.3) is 22.2 Å². The third kappa shape index (κ3) is 3.66. The number of aromatic amines is 1. The number of likely N-dealkylation sites (N-methyl/N-ethyl adjacent to an activating group) is 1. The minimum absolute atomic E-state index is 0.148. The molecule has 2 aromatic heterocycles. The van der Waals surface area contributed by atoms with Crippen LogP contribution in [0.1, 0.15) is 35.7 Å². The predicted octanol–water partition coefficient (Wildman–Crippen LogP) is 3.08. The molecule has 1 aliphatic carbocycles. The van der Waals surface area contributed by atoms with Crippen molar-refractivity contribution in [2.45, 2.75) is 45.7 Å². The molecule has 30 heavy (non-hydrogen) atoms. The molecule has 3 N–H and O–H groups in total. The third-order valence-corrected chi connectivity index (χ3v) is 6.30. The van der Waals surface area contributed by atoms with Gasteiger partial charge in [0.1, 0.15) is 5.75 Å². The van der Waals surface area contributed by atoms with Crippen LogP contribution in [0.2, 0.25) is 0 Å². The number of nitrogens with one attached hydrogen (secondary N) is 2. The van der Waals surface area contributed by atoms with Gasteiger partial charge < -0.3 is 24.9 Å². The van der Waals surface area contributed by atoms with E-state index in [-0.39, 0.29) is 11.3 Å². The van der Waals surface area contributed by atoms with E-state index in [1.54, 1.807) is 6.92 Å². The summed E-state index contributed by atoms with van der Waals surface area (Å²) in [6.07, 6.45) is 2.65. The Balaban J connectivity index is 1.76. The lowest BCUT2D eigenvalue weighted by Gasteiger charge is -2.18. The van der Waals surface area contributed by atoms with E-state index >= 15 is 0 Å². The van der Waals surface area contributed by atoms with Crippen LogP contribution < -0.4 is 10.9 Å². The van der Waals surface area contributed by atoms with Crippen molar-refractivity contribution in [3.63, 3.8) is 0 Å². The summed E-state index contributed by atoms with van der Waals surface area (Å²) < 4.78 is 2.26. The summed E-state index contributed by atoms with van der Waals surface area (Å²) in [7, 11) is 6.29. The summed E-state index contributed by atoms with van der Waals surface area (Å²) >= 11 is 0. The molecule has 0 spiro atoms. The molecule has 1 atom stereocenters. The number of aromatic nitrogens is 2. The van der Waals surface area contributed by atoms with Gasteiger partial charge in [-0.05, 0) is 71.0 Å². The minimum atomic E-state index is -0.216. The first kappa shape index (κ1) is 20.7. The van der Waals surface area contributed by atoms with Gasteiger partial charge in [-0.1, -0.05) is 0 Å². The zero-order chi connectivity index (χ0) is 21.6. The fourth-order valence-electron chi connectivity index (χ4n) is 4.65. The number of hydrogen-bond acceptors (Lipinski definition) is 4. The molecular formula is C24H32N4O2. The molecule has 0 radical (unpaired) electrons. The van der Waals surface area contributed by atoms with Crippen molar-refractivity contribution in [2.75, 3.05) is 20.6 Å². The maximum absolute atomic E-state index is 12.3. The van der Waals surface area contributed by atoms with Crippen molar-refractivity contribution in [2.24, 2.45) is 7.05 Å². The Labute approximate surface area is 177 Å². The van der Waals surface area contributed by atoms with Crippen LogP contribution in [0.4, 0.5) is 0 Å². The van der Waals surface area contributed by atoms with E-state index in [4.69, 9.17) is 0 Å². The van der Waals surface area contributed by atoms with E-state index in [0.717, 1.165) is 54.6 Å². The van der Waals surface area contributed by atoms with Gasteiger partial charge >= 0.3 is 0 Å². The number of nitrogens with zero attached hydrogens (tertiary/aromatic N) is 2. The second-order valence-electron chi connectivity index (χ2n) is 8.94. The minimum Gasteiger partial charge on any atom is -0.507 e. The highest BCUT2D eigenvalue weighted by Gasteiger charge is 2.22. The largest absolute Gasteiger partial charge is 0.507 e. The fourth-order valence-corrected chi connectivity index (χ4v) is 4.65. The van der Waals surface area contributed by atoms with Gasteiger partial charge in [0.25, 0.3) is 5.56 Å². The van der Waals surface area contributed by atoms with Gasteiger partial charge in [-0.25, -0.2) is 0 Å². The second kappa shape index (κ2) is 7.93. The molecule has 160 valence electrons. The lowest BCUT2D eigenvalue weighted by atomic mass is 9.98. The van der Waals surface area contributed by atoms with Crippen LogP contribution >= 0.6 is 0 Å². The highest BCUT2D eigenvalue weighted by Crippen LogP contribution is 2.38. The topological polar surface area (TPSA) is 73.3 Å². The third-order valence-electron chi connectivity index (χ3n) is 6.30. The van der Waals surface area contributed by atoms with Crippen molar-refractivity contribution >= 4 is 10.9 Å². The molecule has 0 amide bonds. The zero-order valence-corrected chi connectivity index (χ0v) is 18.6. The van der Waals surface area contributed by atoms with Gasteiger partial charge in [0.05, 0.1) is 11.3 Å². The van der Waals surface area contributed by atoms with E-state index < -0.39 is 0 Å². The number of fused-ring (bicyclic) bond motifs is 4. The summed E-state index contributed by atoms with van der Waals surface area (Å²) in [5, 5.41) is 15.3. The molecule has 0 aliphatic heterocycles. The van der Waals surface area contributed by atoms with Gasteiger partial charge in [-0.15, -0.1) is 0 Å². The summed E-state index contributed by atoms with van der Waals surface area (Å²) in [5.74, 6) is 0.148. The van der Waals surface area contributed by atoms with Crippen molar-refractivity contribution in [1.29, 1.82) is 0 Å². The van der Waals surface area contributed by atoms with Crippen LogP contribution in [-0.4, -0.2) is 46.2 Å². The Morgan fingerprint density at radius 1 is 1.27 bits per heavy atom. The quantitative estimate of drug-likeness (QED) is 0.607. The predicted molar refractivity (Wildman–Crippen MR) is 122 cm³/mol. The number of benzene rings is 1. The highest BCUT2D eigenvalue weighted by atomic mass is 16.3. The van der Waals surface area contributed by atoms with Gasteiger partial charge in [0, 0.05) is 53.9 Å². The Morgan fingerprint density at radius 2 is 2.03 bits per heavy atom. The molecule has 0 bridgehead atoms. The van der Waals surface area contributed by atoms with Crippen LogP contribution in [0.3, 0.4) is 0 Å². The van der Waals surface area contributed by atoms with Crippen LogP contribution in [0.5, 0.6) is 5.75 Å². The smallest absolute Gasteiger partial charge is 0.255 e. The lowest BCUT2D eigenvalue weighted by Crippen LogP contribution is -2.35. The molecule has 3 aromatic rings. The molecule has 2 heterocycles. The normalized spacial score (nSPS) is 14.6. The van der Waals surface area contributed by atoms with E-state index in [0.29, 0.717) is 11.6 Å². The Morgan fingerprint density at radius 3 is 2.77 bits per heavy atom. The van der Waals surface area contributed by atoms with Crippen LogP contribution in [-0.2, 0) is 26.4 Å². The van der Waals surface area contributed by atoms with Gasteiger partial charge in [-0.3, -0.25) is 4.79 Å². The van der Waals surface area contributed by atoms with Crippen molar-refractivity contribution in [3.05, 3.63) is 50.9 Å². The number of hydrogen-bond donors (Lipinski definition) is 3. The monoisotopic (exact) mass is 408 g/mol. The molecule has 0 saturated carbocycles. The Bertz CT molecular complexity index is 1160. The molecule has 0 saturated heterocycles. The molecule has 4 rings (SSSR count). The highest BCUT2D eigenvalue weighted by molar-refractivity contribution is 5.89. The number of rotatable bonds is 5.